The highest BCUT2D eigenvalue weighted by atomic mass is 35.5. The second-order valence-electron chi connectivity index (χ2n) is 3.98. The van der Waals surface area contributed by atoms with Crippen LogP contribution < -0.4 is 5.32 Å². The average molecular weight is 231 g/mol. The van der Waals surface area contributed by atoms with Crippen molar-refractivity contribution in [2.24, 2.45) is 5.92 Å². The van der Waals surface area contributed by atoms with E-state index in [4.69, 9.17) is 11.6 Å². The minimum atomic E-state index is 0.0427. The van der Waals surface area contributed by atoms with E-state index in [2.05, 4.69) is 12.2 Å². The number of carbonyl (C=O) groups is 1. The van der Waals surface area contributed by atoms with Crippen molar-refractivity contribution in [3.8, 4) is 0 Å². The first-order valence-electron chi connectivity index (χ1n) is 5.47. The van der Waals surface area contributed by atoms with E-state index in [9.17, 15) is 4.79 Å². The molecule has 1 fully saturated rings. The SMILES string of the molecule is CC1CCN(C(=O)NC/C=C/CCl)CC1. The van der Waals surface area contributed by atoms with Crippen molar-refractivity contribution >= 4 is 17.6 Å². The monoisotopic (exact) mass is 230 g/mol. The van der Waals surface area contributed by atoms with Crippen molar-refractivity contribution in [3.05, 3.63) is 12.2 Å². The smallest absolute Gasteiger partial charge is 0.317 e. The number of nitrogens with zero attached hydrogens (tertiary/aromatic N) is 1. The molecule has 0 aromatic carbocycles. The van der Waals surface area contributed by atoms with Gasteiger partial charge in [-0.1, -0.05) is 19.1 Å². The molecule has 1 rings (SSSR count). The zero-order chi connectivity index (χ0) is 11.1. The van der Waals surface area contributed by atoms with Crippen LogP contribution in [-0.2, 0) is 0 Å². The van der Waals surface area contributed by atoms with Crippen LogP contribution >= 0.6 is 11.6 Å². The van der Waals surface area contributed by atoms with Crippen molar-refractivity contribution < 1.29 is 4.79 Å². The summed E-state index contributed by atoms with van der Waals surface area (Å²) in [5.74, 6) is 1.25. The third-order valence-corrected chi connectivity index (χ3v) is 2.88. The number of alkyl halides is 1. The summed E-state index contributed by atoms with van der Waals surface area (Å²) in [6.45, 7) is 4.56. The lowest BCUT2D eigenvalue weighted by molar-refractivity contribution is 0.175. The first-order chi connectivity index (χ1) is 7.24. The molecule has 0 atom stereocenters. The Balaban J connectivity index is 2.19. The minimum Gasteiger partial charge on any atom is -0.335 e. The normalized spacial score (nSPS) is 18.4. The van der Waals surface area contributed by atoms with Crippen molar-refractivity contribution in [1.29, 1.82) is 0 Å². The van der Waals surface area contributed by atoms with Gasteiger partial charge in [0.25, 0.3) is 0 Å². The molecule has 0 unspecified atom stereocenters. The Labute approximate surface area is 96.5 Å². The van der Waals surface area contributed by atoms with Crippen molar-refractivity contribution in [1.82, 2.24) is 10.2 Å². The van der Waals surface area contributed by atoms with Crippen LogP contribution in [0.4, 0.5) is 4.79 Å². The molecule has 2 amide bonds. The molecule has 0 spiro atoms. The molecule has 3 nitrogen and oxygen atoms in total. The van der Waals surface area contributed by atoms with Gasteiger partial charge >= 0.3 is 6.03 Å². The molecular formula is C11H19ClN2O. The fourth-order valence-electron chi connectivity index (χ4n) is 1.62. The van der Waals surface area contributed by atoms with Gasteiger partial charge in [0.2, 0.25) is 0 Å². The van der Waals surface area contributed by atoms with E-state index in [-0.39, 0.29) is 6.03 Å². The number of rotatable bonds is 3. The van der Waals surface area contributed by atoms with E-state index in [1.54, 1.807) is 0 Å². The third-order valence-electron chi connectivity index (χ3n) is 2.70. The molecule has 0 aromatic rings. The van der Waals surface area contributed by atoms with E-state index in [0.29, 0.717) is 12.4 Å². The molecule has 0 bridgehead atoms. The highest BCUT2D eigenvalue weighted by Gasteiger charge is 2.19. The zero-order valence-corrected chi connectivity index (χ0v) is 9.96. The van der Waals surface area contributed by atoms with Gasteiger partial charge < -0.3 is 10.2 Å². The number of allylic oxidation sites excluding steroid dienone is 1. The average Bonchev–Trinajstić information content (AvgIpc) is 2.25. The number of amides is 2. The molecule has 15 heavy (non-hydrogen) atoms. The Kier molecular flexibility index (Phi) is 5.54. The van der Waals surface area contributed by atoms with Gasteiger partial charge in [-0.3, -0.25) is 0 Å². The Morgan fingerprint density at radius 1 is 1.47 bits per heavy atom. The second kappa shape index (κ2) is 6.72. The van der Waals surface area contributed by atoms with Crippen LogP contribution in [0.15, 0.2) is 12.2 Å². The number of halogens is 1. The number of piperidine rings is 1. The van der Waals surface area contributed by atoms with Gasteiger partial charge in [0, 0.05) is 25.5 Å². The molecule has 1 aliphatic rings. The first kappa shape index (κ1) is 12.4. The predicted octanol–water partition coefficient (Wildman–Crippen LogP) is 2.22. The lowest BCUT2D eigenvalue weighted by Crippen LogP contribution is -2.44. The molecule has 1 heterocycles. The van der Waals surface area contributed by atoms with Crippen molar-refractivity contribution in [3.63, 3.8) is 0 Å². The van der Waals surface area contributed by atoms with Gasteiger partial charge in [-0.05, 0) is 18.8 Å². The molecule has 1 aliphatic heterocycles. The van der Waals surface area contributed by atoms with E-state index >= 15 is 0 Å². The standard InChI is InChI=1S/C11H19ClN2O/c1-10-4-8-14(9-5-10)11(15)13-7-3-2-6-12/h2-3,10H,4-9H2,1H3,(H,13,15)/b3-2+. The number of hydrogen-bond acceptors (Lipinski definition) is 1. The van der Waals surface area contributed by atoms with E-state index in [1.165, 1.54) is 0 Å². The fourth-order valence-corrected chi connectivity index (χ4v) is 1.74. The fraction of sp³-hybridized carbons (Fsp3) is 0.727. The predicted molar refractivity (Wildman–Crippen MR) is 63.2 cm³/mol. The summed E-state index contributed by atoms with van der Waals surface area (Å²) in [6.07, 6.45) is 5.94. The van der Waals surface area contributed by atoms with Gasteiger partial charge in [0.15, 0.2) is 0 Å². The van der Waals surface area contributed by atoms with Crippen LogP contribution in [0, 0.1) is 5.92 Å². The topological polar surface area (TPSA) is 32.3 Å². The van der Waals surface area contributed by atoms with Crippen molar-refractivity contribution in [2.45, 2.75) is 19.8 Å². The number of carbonyl (C=O) groups excluding carboxylic acids is 1. The molecular weight excluding hydrogens is 212 g/mol. The molecule has 0 aliphatic carbocycles. The highest BCUT2D eigenvalue weighted by molar-refractivity contribution is 6.18. The van der Waals surface area contributed by atoms with Crippen LogP contribution in [-0.4, -0.2) is 36.4 Å². The highest BCUT2D eigenvalue weighted by Crippen LogP contribution is 2.15. The summed E-state index contributed by atoms with van der Waals surface area (Å²) in [7, 11) is 0. The number of urea groups is 1. The molecule has 0 aromatic heterocycles. The molecule has 1 saturated heterocycles. The Morgan fingerprint density at radius 2 is 2.13 bits per heavy atom. The lowest BCUT2D eigenvalue weighted by atomic mass is 10.00. The molecule has 4 heteroatoms. The molecule has 1 N–H and O–H groups in total. The van der Waals surface area contributed by atoms with Crippen LogP contribution in [0.1, 0.15) is 19.8 Å². The summed E-state index contributed by atoms with van der Waals surface area (Å²) in [5, 5.41) is 2.84. The second-order valence-corrected chi connectivity index (χ2v) is 4.29. The van der Waals surface area contributed by atoms with Crippen LogP contribution in [0.5, 0.6) is 0 Å². The summed E-state index contributed by atoms with van der Waals surface area (Å²) < 4.78 is 0. The maximum absolute atomic E-state index is 11.6. The summed E-state index contributed by atoms with van der Waals surface area (Å²) in [6, 6.07) is 0.0427. The summed E-state index contributed by atoms with van der Waals surface area (Å²) in [5.41, 5.74) is 0. The van der Waals surface area contributed by atoms with Gasteiger partial charge in [-0.25, -0.2) is 4.79 Å². The molecule has 86 valence electrons. The Hall–Kier alpha value is -0.700. The van der Waals surface area contributed by atoms with Crippen LogP contribution in [0.3, 0.4) is 0 Å². The summed E-state index contributed by atoms with van der Waals surface area (Å²) >= 11 is 5.47. The minimum absolute atomic E-state index is 0.0427. The van der Waals surface area contributed by atoms with Crippen molar-refractivity contribution in [2.75, 3.05) is 25.5 Å². The molecule has 0 radical (unpaired) electrons. The third kappa shape index (κ3) is 4.56. The summed E-state index contributed by atoms with van der Waals surface area (Å²) in [4.78, 5) is 13.5. The van der Waals surface area contributed by atoms with E-state index in [0.717, 1.165) is 31.8 Å². The van der Waals surface area contributed by atoms with Crippen LogP contribution in [0.2, 0.25) is 0 Å². The number of hydrogen-bond donors (Lipinski definition) is 1. The van der Waals surface area contributed by atoms with Gasteiger partial charge in [0.1, 0.15) is 0 Å². The Bertz CT molecular complexity index is 223. The molecule has 0 saturated carbocycles. The van der Waals surface area contributed by atoms with E-state index in [1.807, 2.05) is 17.1 Å². The maximum atomic E-state index is 11.6. The maximum Gasteiger partial charge on any atom is 0.317 e. The number of nitrogens with one attached hydrogen (secondary N) is 1. The number of likely N-dealkylation sites (tertiary alicyclic amines) is 1. The van der Waals surface area contributed by atoms with Gasteiger partial charge in [-0.15, -0.1) is 11.6 Å². The van der Waals surface area contributed by atoms with Gasteiger partial charge in [-0.2, -0.15) is 0 Å². The Morgan fingerprint density at radius 3 is 2.73 bits per heavy atom. The van der Waals surface area contributed by atoms with Gasteiger partial charge in [0.05, 0.1) is 0 Å². The quantitative estimate of drug-likeness (QED) is 0.585. The zero-order valence-electron chi connectivity index (χ0n) is 9.21. The lowest BCUT2D eigenvalue weighted by Gasteiger charge is -2.30. The van der Waals surface area contributed by atoms with Crippen LogP contribution in [0.25, 0.3) is 0 Å². The largest absolute Gasteiger partial charge is 0.335 e. The van der Waals surface area contributed by atoms with E-state index < -0.39 is 0 Å². The first-order valence-corrected chi connectivity index (χ1v) is 6.01.